The van der Waals surface area contributed by atoms with Gasteiger partial charge in [0.1, 0.15) is 0 Å². The van der Waals surface area contributed by atoms with E-state index in [-0.39, 0.29) is 11.8 Å². The van der Waals surface area contributed by atoms with Gasteiger partial charge >= 0.3 is 0 Å². The molecular formula is C5H8ClNO2. The van der Waals surface area contributed by atoms with Crippen molar-refractivity contribution >= 4 is 17.7 Å². The summed E-state index contributed by atoms with van der Waals surface area (Å²) in [6, 6.07) is 0. The van der Waals surface area contributed by atoms with Gasteiger partial charge in [-0.2, -0.15) is 0 Å². The minimum absolute atomic E-state index is 0.174. The highest BCUT2D eigenvalue weighted by Crippen LogP contribution is 2.22. The highest BCUT2D eigenvalue weighted by atomic mass is 35.5. The molecule has 1 aliphatic heterocycles. The van der Waals surface area contributed by atoms with Gasteiger partial charge in [-0.25, -0.2) is 0 Å². The second kappa shape index (κ2) is 2.15. The van der Waals surface area contributed by atoms with Crippen LogP contribution in [0.3, 0.4) is 0 Å². The first-order valence-electron chi connectivity index (χ1n) is 2.78. The van der Waals surface area contributed by atoms with Crippen LogP contribution in [0.15, 0.2) is 0 Å². The quantitative estimate of drug-likeness (QED) is 0.421. The first kappa shape index (κ1) is 6.83. The summed E-state index contributed by atoms with van der Waals surface area (Å²) in [4.78, 5) is 10.6. The zero-order valence-corrected chi connectivity index (χ0v) is 5.80. The van der Waals surface area contributed by atoms with Crippen molar-refractivity contribution in [3.05, 3.63) is 0 Å². The maximum Gasteiger partial charge on any atom is 0.244 e. The van der Waals surface area contributed by atoms with Gasteiger partial charge < -0.3 is 5.11 Å². The Bertz CT molecular complexity index is 137. The van der Waals surface area contributed by atoms with Gasteiger partial charge in [-0.3, -0.25) is 9.21 Å². The Labute approximate surface area is 58.3 Å². The number of hydrogen-bond acceptors (Lipinski definition) is 2. The van der Waals surface area contributed by atoms with E-state index in [1.54, 1.807) is 6.92 Å². The fourth-order valence-corrected chi connectivity index (χ4v) is 1.04. The van der Waals surface area contributed by atoms with Crippen LogP contribution in [-0.4, -0.2) is 28.1 Å². The lowest BCUT2D eigenvalue weighted by Gasteiger charge is -2.33. The molecule has 4 heteroatoms. The third-order valence-corrected chi connectivity index (χ3v) is 1.80. The molecule has 0 bridgehead atoms. The Morgan fingerprint density at radius 3 is 2.67 bits per heavy atom. The number of β-lactam (4-membered cyclic amide) rings is 1. The minimum atomic E-state index is -0.563. The number of rotatable bonds is 1. The highest BCUT2D eigenvalue weighted by molar-refractivity contribution is 6.23. The molecule has 1 rings (SSSR count). The van der Waals surface area contributed by atoms with Crippen LogP contribution in [0.25, 0.3) is 0 Å². The molecule has 9 heavy (non-hydrogen) atoms. The molecule has 0 spiro atoms. The van der Waals surface area contributed by atoms with Crippen molar-refractivity contribution in [2.75, 3.05) is 6.54 Å². The van der Waals surface area contributed by atoms with Crippen LogP contribution in [0.2, 0.25) is 0 Å². The topological polar surface area (TPSA) is 40.5 Å². The molecule has 0 aromatic heterocycles. The second-order valence-corrected chi connectivity index (χ2v) is 2.64. The lowest BCUT2D eigenvalue weighted by Crippen LogP contribution is -2.51. The number of amides is 1. The Morgan fingerprint density at radius 2 is 2.56 bits per heavy atom. The maximum atomic E-state index is 10.6. The average Bonchev–Trinajstić information content (AvgIpc) is 1.81. The van der Waals surface area contributed by atoms with E-state index in [0.717, 1.165) is 4.42 Å². The van der Waals surface area contributed by atoms with Gasteiger partial charge in [0.25, 0.3) is 0 Å². The van der Waals surface area contributed by atoms with E-state index < -0.39 is 6.10 Å². The molecule has 2 unspecified atom stereocenters. The van der Waals surface area contributed by atoms with Crippen molar-refractivity contribution in [2.45, 2.75) is 13.0 Å². The fraction of sp³-hybridized carbons (Fsp3) is 0.800. The zero-order valence-electron chi connectivity index (χ0n) is 5.04. The lowest BCUT2D eigenvalue weighted by molar-refractivity contribution is -0.145. The van der Waals surface area contributed by atoms with Crippen molar-refractivity contribution in [3.63, 3.8) is 0 Å². The average molecular weight is 150 g/mol. The first-order chi connectivity index (χ1) is 4.13. The molecular weight excluding hydrogens is 142 g/mol. The maximum absolute atomic E-state index is 10.6. The van der Waals surface area contributed by atoms with Crippen molar-refractivity contribution in [1.82, 2.24) is 4.42 Å². The number of carbonyl (C=O) groups excluding carboxylic acids is 1. The molecule has 3 nitrogen and oxygen atoms in total. The number of hydrogen-bond donors (Lipinski definition) is 1. The third-order valence-electron chi connectivity index (χ3n) is 1.50. The number of aliphatic hydroxyl groups is 1. The predicted octanol–water partition coefficient (Wildman–Crippen LogP) is -0.0206. The molecule has 0 saturated carbocycles. The predicted molar refractivity (Wildman–Crippen MR) is 32.7 cm³/mol. The summed E-state index contributed by atoms with van der Waals surface area (Å²) in [7, 11) is 0. The van der Waals surface area contributed by atoms with Gasteiger partial charge in [0.05, 0.1) is 18.6 Å². The summed E-state index contributed by atoms with van der Waals surface area (Å²) in [5, 5.41) is 8.85. The smallest absolute Gasteiger partial charge is 0.244 e. The van der Waals surface area contributed by atoms with Crippen LogP contribution in [0.4, 0.5) is 0 Å². The van der Waals surface area contributed by atoms with Gasteiger partial charge in [0.2, 0.25) is 5.91 Å². The van der Waals surface area contributed by atoms with Crippen LogP contribution in [0.1, 0.15) is 6.92 Å². The van der Waals surface area contributed by atoms with Crippen molar-refractivity contribution in [3.8, 4) is 0 Å². The van der Waals surface area contributed by atoms with Crippen LogP contribution in [0, 0.1) is 5.92 Å². The Kier molecular flexibility index (Phi) is 1.64. The molecule has 1 amide bonds. The van der Waals surface area contributed by atoms with Gasteiger partial charge in [0.15, 0.2) is 0 Å². The van der Waals surface area contributed by atoms with Crippen LogP contribution in [0.5, 0.6) is 0 Å². The van der Waals surface area contributed by atoms with E-state index in [9.17, 15) is 4.79 Å². The zero-order chi connectivity index (χ0) is 7.02. The van der Waals surface area contributed by atoms with E-state index in [0.29, 0.717) is 6.54 Å². The molecule has 1 fully saturated rings. The molecule has 0 aromatic carbocycles. The van der Waals surface area contributed by atoms with Crippen LogP contribution < -0.4 is 0 Å². The Hall–Kier alpha value is -0.280. The van der Waals surface area contributed by atoms with Gasteiger partial charge in [0, 0.05) is 11.8 Å². The van der Waals surface area contributed by atoms with Crippen molar-refractivity contribution < 1.29 is 9.90 Å². The molecule has 2 atom stereocenters. The van der Waals surface area contributed by atoms with E-state index >= 15 is 0 Å². The number of halogens is 1. The standard InChI is InChI=1S/C5H8ClNO2/c1-3(8)4-2-7(6)5(4)9/h3-4,8H,2H2,1H3. The summed E-state index contributed by atoms with van der Waals surface area (Å²) in [6.45, 7) is 2.06. The number of aliphatic hydroxyl groups excluding tert-OH is 1. The molecule has 1 aliphatic rings. The van der Waals surface area contributed by atoms with Gasteiger partial charge in [-0.1, -0.05) is 0 Å². The molecule has 0 aromatic rings. The fourth-order valence-electron chi connectivity index (χ4n) is 0.767. The third kappa shape index (κ3) is 1.02. The van der Waals surface area contributed by atoms with E-state index in [4.69, 9.17) is 16.9 Å². The van der Waals surface area contributed by atoms with Gasteiger partial charge in [-0.05, 0) is 6.92 Å². The Balaban J connectivity index is 2.42. The molecule has 1 saturated heterocycles. The summed E-state index contributed by atoms with van der Waals surface area (Å²) in [5.74, 6) is -0.436. The summed E-state index contributed by atoms with van der Waals surface area (Å²) in [5.41, 5.74) is 0. The second-order valence-electron chi connectivity index (χ2n) is 2.23. The summed E-state index contributed by atoms with van der Waals surface area (Å²) < 4.78 is 1.08. The lowest BCUT2D eigenvalue weighted by atomic mass is 9.97. The van der Waals surface area contributed by atoms with E-state index in [1.807, 2.05) is 0 Å². The van der Waals surface area contributed by atoms with Crippen molar-refractivity contribution in [2.24, 2.45) is 5.92 Å². The SMILES string of the molecule is CC(O)C1CN(Cl)C1=O. The first-order valence-corrected chi connectivity index (χ1v) is 3.12. The monoisotopic (exact) mass is 149 g/mol. The van der Waals surface area contributed by atoms with Crippen LogP contribution >= 0.6 is 11.8 Å². The molecule has 52 valence electrons. The normalized spacial score (nSPS) is 29.9. The highest BCUT2D eigenvalue weighted by Gasteiger charge is 2.38. The Morgan fingerprint density at radius 1 is 2.00 bits per heavy atom. The summed E-state index contributed by atoms with van der Waals surface area (Å²) in [6.07, 6.45) is -0.563. The summed E-state index contributed by atoms with van der Waals surface area (Å²) >= 11 is 5.31. The molecule has 1 N–H and O–H groups in total. The molecule has 1 heterocycles. The minimum Gasteiger partial charge on any atom is -0.393 e. The number of nitrogens with zero attached hydrogens (tertiary/aromatic N) is 1. The van der Waals surface area contributed by atoms with Crippen molar-refractivity contribution in [1.29, 1.82) is 0 Å². The molecule has 0 aliphatic carbocycles. The number of carbonyl (C=O) groups is 1. The van der Waals surface area contributed by atoms with E-state index in [2.05, 4.69) is 0 Å². The van der Waals surface area contributed by atoms with Gasteiger partial charge in [-0.15, -0.1) is 0 Å². The molecule has 0 radical (unpaired) electrons. The van der Waals surface area contributed by atoms with Crippen LogP contribution in [-0.2, 0) is 4.79 Å². The largest absolute Gasteiger partial charge is 0.393 e. The van der Waals surface area contributed by atoms with E-state index in [1.165, 1.54) is 0 Å².